The highest BCUT2D eigenvalue weighted by Crippen LogP contribution is 2.06. The maximum Gasteiger partial charge on any atom is 0.0613 e. The van der Waals surface area contributed by atoms with E-state index in [1.807, 2.05) is 0 Å². The molecule has 0 aromatic rings. The summed E-state index contributed by atoms with van der Waals surface area (Å²) in [7, 11) is 0. The fraction of sp³-hybridized carbons (Fsp3) is 0.875. The molecule has 2 heteroatoms. The maximum absolute atomic E-state index is 5.25. The molecule has 0 fully saturated rings. The first-order valence-corrected chi connectivity index (χ1v) is 4.86. The molecule has 0 rings (SSSR count). The molecule has 0 aliphatic carbocycles. The quantitative estimate of drug-likeness (QED) is 0.419. The topological polar surface area (TPSA) is 9.23 Å². The van der Waals surface area contributed by atoms with Gasteiger partial charge in [0.1, 0.15) is 0 Å². The van der Waals surface area contributed by atoms with Crippen LogP contribution in [0.2, 0.25) is 0 Å². The molecule has 0 aliphatic heterocycles. The van der Waals surface area contributed by atoms with Gasteiger partial charge in [-0.2, -0.15) is 0 Å². The second-order valence-corrected chi connectivity index (χ2v) is 3.08. The summed E-state index contributed by atoms with van der Waals surface area (Å²) in [5.74, 6) is 1.13. The van der Waals surface area contributed by atoms with E-state index < -0.39 is 0 Å². The Bertz CT molecular complexity index is 49.2. The van der Waals surface area contributed by atoms with Gasteiger partial charge in [0.05, 0.1) is 6.61 Å². The molecule has 0 bridgehead atoms. The van der Waals surface area contributed by atoms with E-state index in [2.05, 4.69) is 13.8 Å². The normalized spacial score (nSPS) is 10.2. The van der Waals surface area contributed by atoms with Crippen LogP contribution < -0.4 is 0 Å². The molecule has 0 aliphatic rings. The molecule has 0 atom stereocenters. The van der Waals surface area contributed by atoms with Gasteiger partial charge in [-0.15, -0.1) is 0 Å². The Morgan fingerprint density at radius 2 is 2.20 bits per heavy atom. The predicted molar refractivity (Wildman–Crippen MR) is 47.9 cm³/mol. The van der Waals surface area contributed by atoms with Crippen molar-refractivity contribution in [1.29, 1.82) is 0 Å². The molecular formula is C8H17OS. The van der Waals surface area contributed by atoms with Crippen LogP contribution in [0.4, 0.5) is 0 Å². The molecule has 0 heterocycles. The molecule has 0 unspecified atom stereocenters. The summed E-state index contributed by atoms with van der Waals surface area (Å²) < 4.78 is 5.25. The zero-order valence-electron chi connectivity index (χ0n) is 6.77. The first-order valence-electron chi connectivity index (χ1n) is 3.95. The molecule has 0 spiro atoms. The Morgan fingerprint density at radius 1 is 1.40 bits per heavy atom. The Balaban J connectivity index is 2.65. The van der Waals surface area contributed by atoms with Crippen molar-refractivity contribution in [1.82, 2.24) is 0 Å². The van der Waals surface area contributed by atoms with Gasteiger partial charge in [-0.3, -0.25) is 0 Å². The molecule has 0 aromatic carbocycles. The third kappa shape index (κ3) is 8.31. The van der Waals surface area contributed by atoms with Crippen molar-refractivity contribution in [2.45, 2.75) is 32.6 Å². The van der Waals surface area contributed by atoms with E-state index >= 15 is 0 Å². The minimum atomic E-state index is 0.859. The summed E-state index contributed by atoms with van der Waals surface area (Å²) >= 11 is 1.59. The molecule has 61 valence electrons. The first-order chi connectivity index (χ1) is 4.91. The lowest BCUT2D eigenvalue weighted by atomic mass is 10.4. The molecule has 0 amide bonds. The van der Waals surface area contributed by atoms with Crippen molar-refractivity contribution in [2.75, 3.05) is 12.4 Å². The number of hydrogen-bond acceptors (Lipinski definition) is 2. The van der Waals surface area contributed by atoms with Gasteiger partial charge < -0.3 is 4.18 Å². The summed E-state index contributed by atoms with van der Waals surface area (Å²) in [6.07, 6.45) is 4.58. The maximum atomic E-state index is 5.25. The van der Waals surface area contributed by atoms with Gasteiger partial charge in [-0.25, -0.2) is 0 Å². The highest BCUT2D eigenvalue weighted by atomic mass is 32.2. The van der Waals surface area contributed by atoms with Crippen LogP contribution in [0.1, 0.15) is 32.6 Å². The summed E-state index contributed by atoms with van der Waals surface area (Å²) in [6, 6.07) is 0. The Kier molecular flexibility index (Phi) is 9.60. The minimum Gasteiger partial charge on any atom is -0.315 e. The van der Waals surface area contributed by atoms with Crippen molar-refractivity contribution < 1.29 is 4.18 Å². The largest absolute Gasteiger partial charge is 0.315 e. The van der Waals surface area contributed by atoms with Crippen molar-refractivity contribution in [2.24, 2.45) is 0 Å². The third-order valence-electron chi connectivity index (χ3n) is 1.14. The fourth-order valence-corrected chi connectivity index (χ4v) is 1.24. The van der Waals surface area contributed by atoms with E-state index in [4.69, 9.17) is 4.18 Å². The average molecular weight is 161 g/mol. The van der Waals surface area contributed by atoms with Crippen LogP contribution in [0, 0.1) is 6.92 Å². The highest BCUT2D eigenvalue weighted by molar-refractivity contribution is 7.94. The summed E-state index contributed by atoms with van der Waals surface area (Å²) in [5, 5.41) is 0. The average Bonchev–Trinajstić information content (AvgIpc) is 1.97. The van der Waals surface area contributed by atoms with Crippen LogP contribution in [0.3, 0.4) is 0 Å². The molecule has 0 saturated heterocycles. The second-order valence-electron chi connectivity index (χ2n) is 2.20. The van der Waals surface area contributed by atoms with Crippen LogP contribution in [-0.4, -0.2) is 12.4 Å². The summed E-state index contributed by atoms with van der Waals surface area (Å²) in [6.45, 7) is 6.78. The monoisotopic (exact) mass is 161 g/mol. The molecular weight excluding hydrogens is 144 g/mol. The van der Waals surface area contributed by atoms with E-state index in [-0.39, 0.29) is 0 Å². The van der Waals surface area contributed by atoms with Gasteiger partial charge in [-0.1, -0.05) is 26.7 Å². The molecule has 1 radical (unpaired) electrons. The highest BCUT2D eigenvalue weighted by Gasteiger charge is 1.87. The van der Waals surface area contributed by atoms with Gasteiger partial charge in [0.2, 0.25) is 0 Å². The SMILES string of the molecule is [CH2]CCCOSCCCC. The van der Waals surface area contributed by atoms with E-state index in [0.717, 1.165) is 25.2 Å². The standard InChI is InChI=1S/C8H17OS/c1-3-5-7-9-10-8-6-4-2/h1,3-8H2,2H3. The van der Waals surface area contributed by atoms with Gasteiger partial charge >= 0.3 is 0 Å². The van der Waals surface area contributed by atoms with Gasteiger partial charge in [0.25, 0.3) is 0 Å². The Morgan fingerprint density at radius 3 is 2.80 bits per heavy atom. The molecule has 0 N–H and O–H groups in total. The van der Waals surface area contributed by atoms with Gasteiger partial charge in [0, 0.05) is 5.75 Å². The second kappa shape index (κ2) is 9.31. The number of hydrogen-bond donors (Lipinski definition) is 0. The van der Waals surface area contributed by atoms with Crippen LogP contribution in [-0.2, 0) is 4.18 Å². The zero-order valence-corrected chi connectivity index (χ0v) is 7.58. The lowest BCUT2D eigenvalue weighted by molar-refractivity contribution is 0.365. The molecule has 0 saturated carbocycles. The first kappa shape index (κ1) is 10.3. The van der Waals surface area contributed by atoms with Gasteiger partial charge in [-0.05, 0) is 24.9 Å². The molecule has 10 heavy (non-hydrogen) atoms. The van der Waals surface area contributed by atoms with Crippen LogP contribution in [0.15, 0.2) is 0 Å². The van der Waals surface area contributed by atoms with E-state index in [1.54, 1.807) is 12.0 Å². The summed E-state index contributed by atoms with van der Waals surface area (Å²) in [4.78, 5) is 0. The minimum absolute atomic E-state index is 0.859. The van der Waals surface area contributed by atoms with Crippen LogP contribution in [0.5, 0.6) is 0 Å². The predicted octanol–water partition coefficient (Wildman–Crippen LogP) is 3.07. The van der Waals surface area contributed by atoms with Crippen molar-refractivity contribution in [3.05, 3.63) is 6.92 Å². The van der Waals surface area contributed by atoms with Crippen molar-refractivity contribution in [3.8, 4) is 0 Å². The Labute approximate surface area is 68.7 Å². The van der Waals surface area contributed by atoms with E-state index in [0.29, 0.717) is 0 Å². The lowest BCUT2D eigenvalue weighted by Crippen LogP contribution is -1.86. The van der Waals surface area contributed by atoms with Crippen molar-refractivity contribution in [3.63, 3.8) is 0 Å². The molecule has 0 aromatic heterocycles. The van der Waals surface area contributed by atoms with Crippen molar-refractivity contribution >= 4 is 12.0 Å². The fourth-order valence-electron chi connectivity index (χ4n) is 0.482. The van der Waals surface area contributed by atoms with Crippen LogP contribution in [0.25, 0.3) is 0 Å². The number of unbranched alkanes of at least 4 members (excludes halogenated alkanes) is 2. The smallest absolute Gasteiger partial charge is 0.0613 e. The zero-order chi connectivity index (χ0) is 7.66. The third-order valence-corrected chi connectivity index (χ3v) is 1.93. The van der Waals surface area contributed by atoms with Crippen LogP contribution >= 0.6 is 12.0 Å². The van der Waals surface area contributed by atoms with E-state index in [9.17, 15) is 0 Å². The molecule has 1 nitrogen and oxygen atoms in total. The summed E-state index contributed by atoms with van der Waals surface area (Å²) in [5.41, 5.74) is 0. The van der Waals surface area contributed by atoms with E-state index in [1.165, 1.54) is 12.8 Å². The van der Waals surface area contributed by atoms with Gasteiger partial charge in [0.15, 0.2) is 0 Å². The lowest BCUT2D eigenvalue weighted by Gasteiger charge is -1.99. The Hall–Kier alpha value is 0.310. The number of rotatable bonds is 7.